The quantitative estimate of drug-likeness (QED) is 0.0599. The molecule has 0 radical (unpaired) electrons. The molecule has 0 fully saturated rings. The zero-order chi connectivity index (χ0) is 49.7. The number of pyridine rings is 2. The molecule has 0 aliphatic rings. The summed E-state index contributed by atoms with van der Waals surface area (Å²) in [6.07, 6.45) is 2.36. The number of halogens is 2. The molecular weight excluding hydrogens is 924 g/mol. The predicted octanol–water partition coefficient (Wildman–Crippen LogP) is 9.74. The van der Waals surface area contributed by atoms with Crippen molar-refractivity contribution in [3.8, 4) is 11.4 Å². The normalized spacial score (nSPS) is 11.7. The number of carboxylic acid groups (broad SMARTS) is 1. The SMILES string of the molecule is [C-]#[N+]c1cnc(N)nc1N[C@@H](C)c1cc2cccc(Cl)c2c(=O)n1-c1cccc(C(=O)O)c1.[C-]#[N+]c1cnc(N)nc1N[C@@H](C)c1cc2cccc(Cl)c2c(=O)n1-c1cccc(C(=O)OC(C)C)c1. The lowest BCUT2D eigenvalue weighted by Gasteiger charge is -2.22. The lowest BCUT2D eigenvalue weighted by Crippen LogP contribution is -2.26. The van der Waals surface area contributed by atoms with E-state index in [0.717, 1.165) is 0 Å². The number of nitrogens with one attached hydrogen (secondary N) is 2. The number of carbonyl (C=O) groups is 2. The molecule has 0 aliphatic heterocycles. The van der Waals surface area contributed by atoms with E-state index < -0.39 is 29.6 Å². The van der Waals surface area contributed by atoms with E-state index >= 15 is 0 Å². The van der Waals surface area contributed by atoms with Gasteiger partial charge in [0.25, 0.3) is 11.1 Å². The standard InChI is InChI=1S/C26H23ClN6O3.C23H17ClN6O3/c1-14(2)36-25(35)17-8-5-9-18(11-17)33-21(12-16-7-6-10-19(27)22(16)24(33)34)15(3)31-23-20(29-4)13-30-26(28)32-23;1-12(28-20-17(26-2)11-27-23(25)29-20)18-10-13-5-4-8-16(24)19(13)21(31)30(18)15-7-3-6-14(9-15)22(32)33/h5-15H,1-3H3,(H3,28,30,31,32);3-12H,1H3,(H,32,33)(H3,25,27,28,29)/t15-;12-/m00/s1. The van der Waals surface area contributed by atoms with Crippen LogP contribution in [-0.2, 0) is 4.74 Å². The molecule has 69 heavy (non-hydrogen) atoms. The van der Waals surface area contributed by atoms with Gasteiger partial charge in [0.15, 0.2) is 0 Å². The second-order valence-electron chi connectivity index (χ2n) is 15.6. The van der Waals surface area contributed by atoms with Gasteiger partial charge in [0.2, 0.25) is 23.3 Å². The molecule has 0 unspecified atom stereocenters. The monoisotopic (exact) mass is 962 g/mol. The Morgan fingerprint density at radius 1 is 0.667 bits per heavy atom. The van der Waals surface area contributed by atoms with Gasteiger partial charge in [-0.2, -0.15) is 0 Å². The van der Waals surface area contributed by atoms with Gasteiger partial charge in [-0.05, 0) is 99.1 Å². The van der Waals surface area contributed by atoms with E-state index in [2.05, 4.69) is 40.3 Å². The molecule has 0 aliphatic carbocycles. The van der Waals surface area contributed by atoms with Crippen LogP contribution in [0.1, 0.15) is 71.9 Å². The van der Waals surface area contributed by atoms with Crippen molar-refractivity contribution in [3.63, 3.8) is 0 Å². The van der Waals surface area contributed by atoms with Crippen molar-refractivity contribution >= 4 is 91.6 Å². The van der Waals surface area contributed by atoms with Crippen molar-refractivity contribution in [2.24, 2.45) is 0 Å². The number of aromatic carboxylic acids is 1. The number of hydrogen-bond acceptors (Lipinski definition) is 13. The molecule has 8 aromatic rings. The molecule has 0 saturated heterocycles. The van der Waals surface area contributed by atoms with Gasteiger partial charge < -0.3 is 31.9 Å². The second-order valence-corrected chi connectivity index (χ2v) is 16.4. The molecule has 4 aromatic carbocycles. The number of nitrogen functional groups attached to an aromatic ring is 2. The molecule has 0 amide bonds. The Labute approximate surface area is 403 Å². The summed E-state index contributed by atoms with van der Waals surface area (Å²) in [7, 11) is 0. The summed E-state index contributed by atoms with van der Waals surface area (Å²) in [5, 5.41) is 18.2. The minimum absolute atomic E-state index is 0.00561. The van der Waals surface area contributed by atoms with E-state index in [1.807, 2.05) is 13.0 Å². The Morgan fingerprint density at radius 2 is 1.09 bits per heavy atom. The zero-order valence-electron chi connectivity index (χ0n) is 37.1. The van der Waals surface area contributed by atoms with Gasteiger partial charge in [-0.1, -0.05) is 59.6 Å². The minimum Gasteiger partial charge on any atom is -0.478 e. The molecule has 0 saturated carbocycles. The number of aromatic nitrogens is 6. The number of nitrogens with zero attached hydrogens (tertiary/aromatic N) is 8. The number of anilines is 4. The summed E-state index contributed by atoms with van der Waals surface area (Å²) in [5.41, 5.74) is 13.2. The van der Waals surface area contributed by atoms with E-state index in [0.29, 0.717) is 54.9 Å². The average molecular weight is 964 g/mol. The van der Waals surface area contributed by atoms with Crippen LogP contribution in [0.4, 0.5) is 34.9 Å². The lowest BCUT2D eigenvalue weighted by molar-refractivity contribution is 0.0377. The Hall–Kier alpha value is -8.84. The molecule has 2 atom stereocenters. The highest BCUT2D eigenvalue weighted by Crippen LogP contribution is 2.32. The van der Waals surface area contributed by atoms with Crippen LogP contribution >= 0.6 is 23.2 Å². The molecule has 18 nitrogen and oxygen atoms in total. The molecule has 20 heteroatoms. The number of rotatable bonds is 11. The first-order valence-corrected chi connectivity index (χ1v) is 21.6. The van der Waals surface area contributed by atoms with Crippen molar-refractivity contribution in [1.82, 2.24) is 29.1 Å². The Kier molecular flexibility index (Phi) is 14.2. The third-order valence-corrected chi connectivity index (χ3v) is 11.1. The third kappa shape index (κ3) is 10.3. The summed E-state index contributed by atoms with van der Waals surface area (Å²) < 4.78 is 8.22. The fourth-order valence-electron chi connectivity index (χ4n) is 7.39. The molecule has 4 heterocycles. The van der Waals surface area contributed by atoms with Gasteiger partial charge in [0.1, 0.15) is 11.6 Å². The van der Waals surface area contributed by atoms with Gasteiger partial charge in [0.05, 0.1) is 63.3 Å². The number of ether oxygens (including phenoxy) is 1. The van der Waals surface area contributed by atoms with Crippen molar-refractivity contribution in [3.05, 3.63) is 186 Å². The smallest absolute Gasteiger partial charge is 0.338 e. The van der Waals surface area contributed by atoms with Crippen LogP contribution in [0.3, 0.4) is 0 Å². The van der Waals surface area contributed by atoms with Crippen LogP contribution in [-0.4, -0.2) is 52.2 Å². The van der Waals surface area contributed by atoms with Gasteiger partial charge in [-0.3, -0.25) is 18.7 Å². The number of carboxylic acids is 1. The molecule has 0 spiro atoms. The maximum absolute atomic E-state index is 13.8. The van der Waals surface area contributed by atoms with E-state index in [1.165, 1.54) is 33.7 Å². The van der Waals surface area contributed by atoms with Gasteiger partial charge in [-0.25, -0.2) is 39.2 Å². The Balaban J connectivity index is 0.000000205. The predicted molar refractivity (Wildman–Crippen MR) is 266 cm³/mol. The summed E-state index contributed by atoms with van der Waals surface area (Å²) >= 11 is 12.7. The molecular formula is C49H40Cl2N12O6. The van der Waals surface area contributed by atoms with Crippen molar-refractivity contribution in [2.45, 2.75) is 45.9 Å². The summed E-state index contributed by atoms with van der Waals surface area (Å²) in [4.78, 5) is 74.3. The number of carbonyl (C=O) groups excluding carboxylic acids is 1. The zero-order valence-corrected chi connectivity index (χ0v) is 38.6. The second kappa shape index (κ2) is 20.4. The highest BCUT2D eigenvalue weighted by molar-refractivity contribution is 6.35. The summed E-state index contributed by atoms with van der Waals surface area (Å²) in [6.45, 7) is 21.9. The van der Waals surface area contributed by atoms with E-state index in [9.17, 15) is 24.3 Å². The average Bonchev–Trinajstić information content (AvgIpc) is 3.31. The van der Waals surface area contributed by atoms with Gasteiger partial charge in [-0.15, -0.1) is 0 Å². The molecule has 4 aromatic heterocycles. The number of esters is 1. The highest BCUT2D eigenvalue weighted by Gasteiger charge is 2.23. The van der Waals surface area contributed by atoms with Gasteiger partial charge in [0, 0.05) is 35.2 Å². The number of hydrogen-bond donors (Lipinski definition) is 5. The number of nitrogens with two attached hydrogens (primary N) is 2. The Bertz CT molecular complexity index is 3550. The maximum atomic E-state index is 13.8. The van der Waals surface area contributed by atoms with Crippen LogP contribution in [0.2, 0.25) is 10.0 Å². The van der Waals surface area contributed by atoms with E-state index in [-0.39, 0.29) is 57.2 Å². The summed E-state index contributed by atoms with van der Waals surface area (Å²) in [5.74, 6) is -1.15. The van der Waals surface area contributed by atoms with Crippen LogP contribution < -0.4 is 33.2 Å². The third-order valence-electron chi connectivity index (χ3n) is 10.5. The van der Waals surface area contributed by atoms with Crippen molar-refractivity contribution in [1.29, 1.82) is 0 Å². The first-order valence-electron chi connectivity index (χ1n) is 20.9. The van der Waals surface area contributed by atoms with Crippen LogP contribution in [0.25, 0.3) is 42.6 Å². The van der Waals surface area contributed by atoms with Crippen molar-refractivity contribution in [2.75, 3.05) is 22.1 Å². The molecule has 0 bridgehead atoms. The number of fused-ring (bicyclic) bond motifs is 2. The largest absolute Gasteiger partial charge is 0.478 e. The fraction of sp³-hybridized carbons (Fsp3) is 0.143. The van der Waals surface area contributed by atoms with E-state index in [4.69, 9.17) is 52.6 Å². The van der Waals surface area contributed by atoms with Crippen LogP contribution in [0, 0.1) is 13.1 Å². The van der Waals surface area contributed by atoms with Crippen LogP contribution in [0.5, 0.6) is 0 Å². The summed E-state index contributed by atoms with van der Waals surface area (Å²) in [6, 6.07) is 25.6. The minimum atomic E-state index is -1.12. The molecule has 7 N–H and O–H groups in total. The number of benzene rings is 4. The first-order chi connectivity index (χ1) is 33.0. The maximum Gasteiger partial charge on any atom is 0.338 e. The highest BCUT2D eigenvalue weighted by atomic mass is 35.5. The van der Waals surface area contributed by atoms with Crippen molar-refractivity contribution < 1.29 is 19.4 Å². The molecule has 346 valence electrons. The first kappa shape index (κ1) is 48.1. The van der Waals surface area contributed by atoms with Crippen LogP contribution in [0.15, 0.2) is 119 Å². The molecule has 8 rings (SSSR count). The topological polar surface area (TPSA) is 244 Å². The van der Waals surface area contributed by atoms with E-state index in [1.54, 1.807) is 99.6 Å². The van der Waals surface area contributed by atoms with Gasteiger partial charge >= 0.3 is 11.9 Å². The lowest BCUT2D eigenvalue weighted by atomic mass is 10.1. The Morgan fingerprint density at radius 3 is 1.51 bits per heavy atom. The fourth-order valence-corrected chi connectivity index (χ4v) is 7.92.